The van der Waals surface area contributed by atoms with E-state index in [0.29, 0.717) is 0 Å². The van der Waals surface area contributed by atoms with E-state index in [1.807, 2.05) is 48.5 Å². The third-order valence-corrected chi connectivity index (χ3v) is 5.64. The zero-order valence-corrected chi connectivity index (χ0v) is 18.1. The van der Waals surface area contributed by atoms with Gasteiger partial charge in [-0.1, -0.05) is 55.5 Å². The van der Waals surface area contributed by atoms with Gasteiger partial charge >= 0.3 is 12.1 Å². The van der Waals surface area contributed by atoms with Gasteiger partial charge in [-0.25, -0.2) is 13.6 Å². The highest BCUT2D eigenvalue weighted by molar-refractivity contribution is 5.89. The average Bonchev–Trinajstić information content (AvgIpc) is 3.10. The fourth-order valence-electron chi connectivity index (χ4n) is 3.83. The Morgan fingerprint density at radius 2 is 1.64 bits per heavy atom. The number of amides is 2. The molecule has 1 atom stereocenters. The van der Waals surface area contributed by atoms with E-state index < -0.39 is 42.8 Å². The Bertz CT molecular complexity index is 982. The molecule has 0 bridgehead atoms. The lowest BCUT2D eigenvalue weighted by Crippen LogP contribution is -2.48. The number of carbonyl (C=O) groups excluding carboxylic acids is 2. The van der Waals surface area contributed by atoms with Crippen molar-refractivity contribution in [2.24, 2.45) is 0 Å². The molecular formula is C24H26F2N2O5. The van der Waals surface area contributed by atoms with Gasteiger partial charge in [0.2, 0.25) is 11.8 Å². The highest BCUT2D eigenvalue weighted by Gasteiger charge is 2.31. The zero-order valence-electron chi connectivity index (χ0n) is 18.1. The van der Waals surface area contributed by atoms with E-state index in [1.54, 1.807) is 0 Å². The van der Waals surface area contributed by atoms with Crippen molar-refractivity contribution in [3.63, 3.8) is 0 Å². The van der Waals surface area contributed by atoms with E-state index in [9.17, 15) is 23.2 Å². The molecule has 0 saturated carbocycles. The van der Waals surface area contributed by atoms with E-state index in [-0.39, 0.29) is 25.5 Å². The number of carboxylic acid groups (broad SMARTS) is 1. The Morgan fingerprint density at radius 1 is 1.06 bits per heavy atom. The van der Waals surface area contributed by atoms with E-state index in [0.717, 1.165) is 22.3 Å². The number of benzene rings is 2. The molecule has 0 heterocycles. The second-order valence-corrected chi connectivity index (χ2v) is 7.87. The van der Waals surface area contributed by atoms with Crippen LogP contribution in [-0.4, -0.2) is 48.2 Å². The summed E-state index contributed by atoms with van der Waals surface area (Å²) < 4.78 is 32.0. The monoisotopic (exact) mass is 460 g/mol. The highest BCUT2D eigenvalue weighted by Crippen LogP contribution is 2.44. The Balaban J connectivity index is 1.60. The molecule has 3 N–H and O–H groups in total. The summed E-state index contributed by atoms with van der Waals surface area (Å²) in [6, 6.07) is 14.1. The highest BCUT2D eigenvalue weighted by atomic mass is 19.3. The van der Waals surface area contributed by atoms with Crippen molar-refractivity contribution in [3.8, 4) is 11.1 Å². The summed E-state index contributed by atoms with van der Waals surface area (Å²) in [7, 11) is 0. The van der Waals surface area contributed by atoms with Gasteiger partial charge in [-0.05, 0) is 22.3 Å². The molecule has 0 saturated heterocycles. The van der Waals surface area contributed by atoms with Crippen LogP contribution < -0.4 is 10.6 Å². The molecule has 2 aromatic rings. The van der Waals surface area contributed by atoms with Crippen molar-refractivity contribution < 1.29 is 33.0 Å². The largest absolute Gasteiger partial charge is 0.481 e. The molecule has 9 heteroatoms. The van der Waals surface area contributed by atoms with Gasteiger partial charge in [0.25, 0.3) is 0 Å². The fraction of sp³-hybridized carbons (Fsp3) is 0.375. The first-order valence-electron chi connectivity index (χ1n) is 10.7. The van der Waals surface area contributed by atoms with Crippen molar-refractivity contribution in [1.82, 2.24) is 10.6 Å². The van der Waals surface area contributed by atoms with E-state index >= 15 is 0 Å². The SMILES string of the molecule is CCC(F)(F)CCNC(=O)C(CC(=O)O)NC(=O)OCC1c2ccccc2-c2ccccc21. The topological polar surface area (TPSA) is 105 Å². The van der Waals surface area contributed by atoms with Gasteiger partial charge in [0, 0.05) is 25.3 Å². The third kappa shape index (κ3) is 6.06. The Hall–Kier alpha value is -3.49. The maximum Gasteiger partial charge on any atom is 0.407 e. The summed E-state index contributed by atoms with van der Waals surface area (Å²) in [5.41, 5.74) is 4.11. The number of fused-ring (bicyclic) bond motifs is 3. The Labute approximate surface area is 190 Å². The number of carbonyl (C=O) groups is 3. The molecule has 2 aromatic carbocycles. The molecule has 3 rings (SSSR count). The zero-order chi connectivity index (χ0) is 24.0. The van der Waals surface area contributed by atoms with Gasteiger partial charge in [-0.3, -0.25) is 9.59 Å². The number of hydrogen-bond acceptors (Lipinski definition) is 4. The Kier molecular flexibility index (Phi) is 7.63. The molecule has 0 fully saturated rings. The molecule has 2 amide bonds. The first-order valence-corrected chi connectivity index (χ1v) is 10.7. The fourth-order valence-corrected chi connectivity index (χ4v) is 3.83. The molecule has 1 unspecified atom stereocenters. The minimum atomic E-state index is -2.93. The quantitative estimate of drug-likeness (QED) is 0.499. The smallest absolute Gasteiger partial charge is 0.407 e. The van der Waals surface area contributed by atoms with Gasteiger partial charge in [-0.15, -0.1) is 0 Å². The summed E-state index contributed by atoms with van der Waals surface area (Å²) in [6.07, 6.45) is -2.63. The first kappa shape index (κ1) is 24.2. The molecule has 176 valence electrons. The lowest BCUT2D eigenvalue weighted by Gasteiger charge is -2.19. The number of halogens is 2. The van der Waals surface area contributed by atoms with Crippen molar-refractivity contribution in [1.29, 1.82) is 0 Å². The molecule has 0 aliphatic heterocycles. The summed E-state index contributed by atoms with van der Waals surface area (Å²) in [6.45, 7) is 0.972. The normalized spacial score (nSPS) is 13.5. The number of alkyl carbamates (subject to hydrolysis) is 1. The maximum atomic E-state index is 13.3. The summed E-state index contributed by atoms with van der Waals surface area (Å²) >= 11 is 0. The molecule has 1 aliphatic carbocycles. The minimum absolute atomic E-state index is 0.00993. The first-order chi connectivity index (χ1) is 15.7. The van der Waals surface area contributed by atoms with Crippen LogP contribution in [0.5, 0.6) is 0 Å². The van der Waals surface area contributed by atoms with Gasteiger partial charge in [0.1, 0.15) is 12.6 Å². The molecule has 33 heavy (non-hydrogen) atoms. The van der Waals surface area contributed by atoms with Crippen molar-refractivity contribution in [2.75, 3.05) is 13.2 Å². The van der Waals surface area contributed by atoms with Crippen LogP contribution in [-0.2, 0) is 14.3 Å². The van der Waals surface area contributed by atoms with E-state index in [4.69, 9.17) is 9.84 Å². The van der Waals surface area contributed by atoms with Crippen LogP contribution >= 0.6 is 0 Å². The summed E-state index contributed by atoms with van der Waals surface area (Å²) in [5, 5.41) is 13.6. The number of nitrogens with one attached hydrogen (secondary N) is 2. The predicted octanol–water partition coefficient (Wildman–Crippen LogP) is 3.92. The molecule has 0 aromatic heterocycles. The molecule has 0 radical (unpaired) electrons. The standard InChI is InChI=1S/C24H26F2N2O5/c1-2-24(25,26)11-12-27-22(31)20(13-21(29)30)28-23(32)33-14-19-17-9-5-3-7-15(17)16-8-4-6-10-18(16)19/h3-10,19-20H,2,11-14H2,1H3,(H,27,31)(H,28,32)(H,29,30). The van der Waals surface area contributed by atoms with Gasteiger partial charge < -0.3 is 20.5 Å². The van der Waals surface area contributed by atoms with Crippen molar-refractivity contribution in [2.45, 2.75) is 44.1 Å². The number of rotatable bonds is 10. The Morgan fingerprint density at radius 3 is 2.18 bits per heavy atom. The van der Waals surface area contributed by atoms with Crippen LogP contribution in [0.3, 0.4) is 0 Å². The minimum Gasteiger partial charge on any atom is -0.481 e. The lowest BCUT2D eigenvalue weighted by molar-refractivity contribution is -0.139. The second kappa shape index (κ2) is 10.4. The lowest BCUT2D eigenvalue weighted by atomic mass is 9.98. The van der Waals surface area contributed by atoms with Crippen LogP contribution in [0.2, 0.25) is 0 Å². The van der Waals surface area contributed by atoms with E-state index in [1.165, 1.54) is 6.92 Å². The molecule has 7 nitrogen and oxygen atoms in total. The van der Waals surface area contributed by atoms with Crippen molar-refractivity contribution >= 4 is 18.0 Å². The van der Waals surface area contributed by atoms with Crippen LogP contribution in [0.25, 0.3) is 11.1 Å². The van der Waals surface area contributed by atoms with E-state index in [2.05, 4.69) is 10.6 Å². The summed E-state index contributed by atoms with van der Waals surface area (Å²) in [5.74, 6) is -5.33. The number of alkyl halides is 2. The molecule has 1 aliphatic rings. The number of ether oxygens (including phenoxy) is 1. The van der Waals surface area contributed by atoms with Gasteiger partial charge in [0.05, 0.1) is 6.42 Å². The molecule has 0 spiro atoms. The van der Waals surface area contributed by atoms with Gasteiger partial charge in [0.15, 0.2) is 0 Å². The van der Waals surface area contributed by atoms with Crippen LogP contribution in [0, 0.1) is 0 Å². The number of carboxylic acids is 1. The second-order valence-electron chi connectivity index (χ2n) is 7.87. The maximum absolute atomic E-state index is 13.3. The predicted molar refractivity (Wildman–Crippen MR) is 117 cm³/mol. The number of hydrogen-bond donors (Lipinski definition) is 3. The third-order valence-electron chi connectivity index (χ3n) is 5.64. The number of aliphatic carboxylic acids is 1. The van der Waals surface area contributed by atoms with Crippen molar-refractivity contribution in [3.05, 3.63) is 59.7 Å². The summed E-state index contributed by atoms with van der Waals surface area (Å²) in [4.78, 5) is 35.8. The van der Waals surface area contributed by atoms with Crippen LogP contribution in [0.1, 0.15) is 43.2 Å². The van der Waals surface area contributed by atoms with Gasteiger partial charge in [-0.2, -0.15) is 0 Å². The average molecular weight is 460 g/mol. The van der Waals surface area contributed by atoms with Crippen LogP contribution in [0.4, 0.5) is 13.6 Å². The molecular weight excluding hydrogens is 434 g/mol. The van der Waals surface area contributed by atoms with Crippen LogP contribution in [0.15, 0.2) is 48.5 Å².